The number of nitriles is 2. The van der Waals surface area contributed by atoms with E-state index in [4.69, 9.17) is 4.74 Å². The second kappa shape index (κ2) is 9.26. The monoisotopic (exact) mass is 515 g/mol. The van der Waals surface area contributed by atoms with Crippen LogP contribution in [0.2, 0.25) is 0 Å². The minimum atomic E-state index is -0.742. The molecule has 2 heterocycles. The Hall–Kier alpha value is -4.68. The van der Waals surface area contributed by atoms with Crippen LogP contribution in [0, 0.1) is 49.4 Å². The Morgan fingerprint density at radius 2 is 1.74 bits per heavy atom. The van der Waals surface area contributed by atoms with Crippen LogP contribution in [0.1, 0.15) is 41.7 Å². The van der Waals surface area contributed by atoms with Crippen molar-refractivity contribution in [3.63, 3.8) is 0 Å². The van der Waals surface area contributed by atoms with E-state index in [9.17, 15) is 15.3 Å². The number of fused-ring (bicyclic) bond motifs is 1. The Morgan fingerprint density at radius 1 is 1.10 bits per heavy atom. The van der Waals surface area contributed by atoms with Crippen LogP contribution in [-0.2, 0) is 14.9 Å². The third-order valence-corrected chi connectivity index (χ3v) is 7.97. The van der Waals surface area contributed by atoms with Crippen molar-refractivity contribution in [2.75, 3.05) is 14.1 Å². The van der Waals surface area contributed by atoms with Crippen LogP contribution in [0.3, 0.4) is 0 Å². The van der Waals surface area contributed by atoms with Gasteiger partial charge in [0.25, 0.3) is 0 Å². The van der Waals surface area contributed by atoms with Crippen molar-refractivity contribution >= 4 is 22.9 Å². The van der Waals surface area contributed by atoms with Gasteiger partial charge in [0.1, 0.15) is 24.8 Å². The highest BCUT2D eigenvalue weighted by atomic mass is 16.5. The van der Waals surface area contributed by atoms with E-state index in [0.717, 1.165) is 33.7 Å². The number of Topliss-reactive ketones (excluding diaryl/α,β-unsaturated/α-hetero) is 1. The molecule has 1 unspecified atom stereocenters. The lowest BCUT2D eigenvalue weighted by Gasteiger charge is -2.30. The first-order valence-corrected chi connectivity index (χ1v) is 12.9. The molecule has 5 rings (SSSR count). The van der Waals surface area contributed by atoms with Crippen molar-refractivity contribution in [2.45, 2.75) is 40.0 Å². The molecule has 6 heteroatoms. The average molecular weight is 516 g/mol. The van der Waals surface area contributed by atoms with E-state index >= 15 is 0 Å². The largest absolute Gasteiger partial charge is 0.439 e. The van der Waals surface area contributed by atoms with E-state index in [2.05, 4.69) is 63.5 Å². The first-order chi connectivity index (χ1) is 18.5. The summed E-state index contributed by atoms with van der Waals surface area (Å²) in [6.45, 7) is 10.4. The van der Waals surface area contributed by atoms with Gasteiger partial charge in [-0.25, -0.2) is 0 Å². The fourth-order valence-corrected chi connectivity index (χ4v) is 6.09. The lowest BCUT2D eigenvalue weighted by Crippen LogP contribution is -2.36. The maximum Gasteiger partial charge on any atom is 0.209 e. The van der Waals surface area contributed by atoms with E-state index in [1.165, 1.54) is 5.56 Å². The number of ether oxygens (including phenoxy) is 1. The number of hydrogen-bond donors (Lipinski definition) is 0. The summed E-state index contributed by atoms with van der Waals surface area (Å²) in [5.74, 6) is 0.318. The highest BCUT2D eigenvalue weighted by Crippen LogP contribution is 2.45. The van der Waals surface area contributed by atoms with Gasteiger partial charge in [-0.1, -0.05) is 35.9 Å². The minimum Gasteiger partial charge on any atom is -0.439 e. The molecule has 1 saturated carbocycles. The van der Waals surface area contributed by atoms with Gasteiger partial charge in [0.15, 0.2) is 23.1 Å². The van der Waals surface area contributed by atoms with Crippen molar-refractivity contribution in [3.8, 4) is 12.1 Å². The number of carbonyl (C=O) groups excluding carboxylic acids is 1. The molecule has 2 aromatic carbocycles. The van der Waals surface area contributed by atoms with E-state index in [0.29, 0.717) is 22.8 Å². The summed E-state index contributed by atoms with van der Waals surface area (Å²) < 4.78 is 8.32. The number of rotatable bonds is 3. The summed E-state index contributed by atoms with van der Waals surface area (Å²) in [6.07, 6.45) is 5.47. The first kappa shape index (κ1) is 25.9. The number of ketones is 1. The van der Waals surface area contributed by atoms with Crippen molar-refractivity contribution in [1.29, 1.82) is 10.5 Å². The van der Waals surface area contributed by atoms with Crippen LogP contribution in [0.4, 0.5) is 5.69 Å². The first-order valence-electron chi connectivity index (χ1n) is 12.9. The Morgan fingerprint density at radius 3 is 2.36 bits per heavy atom. The van der Waals surface area contributed by atoms with E-state index in [1.54, 1.807) is 6.08 Å². The highest BCUT2D eigenvalue weighted by Gasteiger charge is 2.47. The predicted molar refractivity (Wildman–Crippen MR) is 151 cm³/mol. The molecule has 0 amide bonds. The van der Waals surface area contributed by atoms with Crippen molar-refractivity contribution < 1.29 is 14.1 Å². The summed E-state index contributed by atoms with van der Waals surface area (Å²) in [5.41, 5.74) is 8.04. The summed E-state index contributed by atoms with van der Waals surface area (Å²) in [6, 6.07) is 16.4. The zero-order valence-electron chi connectivity index (χ0n) is 23.4. The molecule has 194 valence electrons. The molecule has 1 aliphatic carbocycles. The molecule has 3 aliphatic rings. The SMILES string of the molecule is Cc1cc(C)c(C2=CN(C)/C(=C/C3C(=O)/C(=C\C4=[N+](C)c5ccccc5C4(C)C)C3=C(C#N)C#N)O2)c(C)c1. The zero-order valence-corrected chi connectivity index (χ0v) is 23.4. The molecule has 39 heavy (non-hydrogen) atoms. The molecule has 0 bridgehead atoms. The van der Waals surface area contributed by atoms with E-state index < -0.39 is 5.92 Å². The topological polar surface area (TPSA) is 80.1 Å². The summed E-state index contributed by atoms with van der Waals surface area (Å²) in [4.78, 5) is 15.4. The predicted octanol–water partition coefficient (Wildman–Crippen LogP) is 5.89. The number of benzene rings is 2. The minimum absolute atomic E-state index is 0.0571. The van der Waals surface area contributed by atoms with Crippen LogP contribution in [0.25, 0.3) is 5.76 Å². The number of allylic oxidation sites excluding steroid dienone is 5. The molecule has 0 N–H and O–H groups in total. The third-order valence-electron chi connectivity index (χ3n) is 7.97. The summed E-state index contributed by atoms with van der Waals surface area (Å²) in [7, 11) is 3.84. The van der Waals surface area contributed by atoms with Gasteiger partial charge in [-0.15, -0.1) is 0 Å². The van der Waals surface area contributed by atoms with Crippen LogP contribution in [-0.4, -0.2) is 35.1 Å². The maximum absolute atomic E-state index is 13.6. The molecule has 0 aromatic heterocycles. The second-order valence-electron chi connectivity index (χ2n) is 11.0. The molecule has 2 aliphatic heterocycles. The van der Waals surface area contributed by atoms with Gasteiger partial charge in [0, 0.05) is 41.5 Å². The third kappa shape index (κ3) is 4.01. The number of aryl methyl sites for hydroxylation is 3. The van der Waals surface area contributed by atoms with Crippen molar-refractivity contribution in [2.24, 2.45) is 5.92 Å². The highest BCUT2D eigenvalue weighted by molar-refractivity contribution is 6.19. The van der Waals surface area contributed by atoms with Crippen LogP contribution in [0.15, 0.2) is 77.4 Å². The molecule has 0 saturated heterocycles. The summed E-state index contributed by atoms with van der Waals surface area (Å²) >= 11 is 0. The molecule has 1 fully saturated rings. The molecule has 1 atom stereocenters. The van der Waals surface area contributed by atoms with Gasteiger partial charge in [0.05, 0.1) is 17.5 Å². The zero-order chi connectivity index (χ0) is 28.2. The van der Waals surface area contributed by atoms with Crippen molar-refractivity contribution in [1.82, 2.24) is 4.90 Å². The second-order valence-corrected chi connectivity index (χ2v) is 11.0. The Kier molecular flexibility index (Phi) is 6.16. The molecule has 6 nitrogen and oxygen atoms in total. The fraction of sp³-hybridized carbons (Fsp3) is 0.273. The number of hydrogen-bond acceptors (Lipinski definition) is 5. The van der Waals surface area contributed by atoms with Gasteiger partial charge in [-0.2, -0.15) is 15.1 Å². The van der Waals surface area contributed by atoms with Gasteiger partial charge in [-0.3, -0.25) is 4.79 Å². The van der Waals surface area contributed by atoms with Crippen LogP contribution in [0.5, 0.6) is 0 Å². The lowest BCUT2D eigenvalue weighted by molar-refractivity contribution is -0.401. The molecular formula is C33H31N4O2+. The quantitative estimate of drug-likeness (QED) is 0.289. The molecule has 0 radical (unpaired) electrons. The van der Waals surface area contributed by atoms with Crippen LogP contribution >= 0.6 is 0 Å². The standard InChI is InChI=1S/C33H31N4O2/c1-19-12-20(2)30(21(3)13-19)27-18-36(6)29(39-27)15-24-31(22(16-34)17-35)23(32(24)38)14-28-33(4,5)25-10-8-9-11-26(25)37(28)7/h8-15,18,24H,1-7H3/q+1/b23-14-,29-15-. The Bertz CT molecular complexity index is 1660. The fourth-order valence-electron chi connectivity index (χ4n) is 6.09. The molecular weight excluding hydrogens is 484 g/mol. The number of nitrogens with zero attached hydrogens (tertiary/aromatic N) is 4. The van der Waals surface area contributed by atoms with Gasteiger partial charge in [0.2, 0.25) is 5.69 Å². The lowest BCUT2D eigenvalue weighted by atomic mass is 9.69. The Balaban J connectivity index is 1.53. The van der Waals surface area contributed by atoms with Crippen LogP contribution < -0.4 is 0 Å². The van der Waals surface area contributed by atoms with E-state index in [-0.39, 0.29) is 16.8 Å². The maximum atomic E-state index is 13.6. The van der Waals surface area contributed by atoms with E-state index in [1.807, 2.05) is 55.5 Å². The smallest absolute Gasteiger partial charge is 0.209 e. The normalized spacial score (nSPS) is 21.4. The van der Waals surface area contributed by atoms with Crippen molar-refractivity contribution in [3.05, 3.63) is 105 Å². The summed E-state index contributed by atoms with van der Waals surface area (Å²) in [5, 5.41) is 19.5. The average Bonchev–Trinajstić information content (AvgIpc) is 3.33. The van der Waals surface area contributed by atoms with Gasteiger partial charge >= 0.3 is 0 Å². The Labute approximate surface area is 229 Å². The number of para-hydroxylation sites is 1. The van der Waals surface area contributed by atoms with Gasteiger partial charge < -0.3 is 9.64 Å². The van der Waals surface area contributed by atoms with Gasteiger partial charge in [-0.05, 0) is 51.8 Å². The number of carbonyl (C=O) groups is 1. The molecule has 0 spiro atoms. The molecule has 2 aromatic rings.